The van der Waals surface area contributed by atoms with Gasteiger partial charge < -0.3 is 20.1 Å². The Labute approximate surface area is 178 Å². The maximum absolute atomic E-state index is 12.4. The van der Waals surface area contributed by atoms with Crippen LogP contribution >= 0.6 is 11.8 Å². The molecule has 5 rings (SSSR count). The maximum atomic E-state index is 12.4. The van der Waals surface area contributed by atoms with E-state index in [0.29, 0.717) is 23.6 Å². The van der Waals surface area contributed by atoms with Crippen molar-refractivity contribution in [1.29, 1.82) is 0 Å². The predicted molar refractivity (Wildman–Crippen MR) is 115 cm³/mol. The van der Waals surface area contributed by atoms with Crippen molar-refractivity contribution in [3.05, 3.63) is 53.6 Å². The number of amidine groups is 1. The van der Waals surface area contributed by atoms with E-state index >= 15 is 0 Å². The Morgan fingerprint density at radius 3 is 2.70 bits per heavy atom. The number of amides is 1. The van der Waals surface area contributed by atoms with Crippen LogP contribution in [0, 0.1) is 0 Å². The fourth-order valence-corrected chi connectivity index (χ4v) is 7.26. The van der Waals surface area contributed by atoms with E-state index in [1.807, 2.05) is 30.3 Å². The van der Waals surface area contributed by atoms with Crippen molar-refractivity contribution < 1.29 is 22.7 Å². The third kappa shape index (κ3) is 3.97. The van der Waals surface area contributed by atoms with Crippen LogP contribution in [-0.2, 0) is 16.4 Å². The van der Waals surface area contributed by atoms with Crippen LogP contribution in [0.1, 0.15) is 15.9 Å². The van der Waals surface area contributed by atoms with Gasteiger partial charge in [-0.25, -0.2) is 8.42 Å². The van der Waals surface area contributed by atoms with Crippen LogP contribution in [0.5, 0.6) is 11.5 Å². The molecule has 2 aromatic carbocycles. The minimum Gasteiger partial charge on any atom is -0.454 e. The van der Waals surface area contributed by atoms with Crippen molar-refractivity contribution in [1.82, 2.24) is 5.32 Å². The molecule has 3 aliphatic heterocycles. The first kappa shape index (κ1) is 19.3. The lowest BCUT2D eigenvalue weighted by atomic mass is 10.1. The van der Waals surface area contributed by atoms with Crippen LogP contribution in [0.3, 0.4) is 0 Å². The molecule has 156 valence electrons. The van der Waals surface area contributed by atoms with Gasteiger partial charge in [0.2, 0.25) is 6.79 Å². The van der Waals surface area contributed by atoms with Gasteiger partial charge in [-0.1, -0.05) is 17.8 Å². The zero-order chi connectivity index (χ0) is 20.7. The molecule has 1 amide bonds. The molecular weight excluding hydrogens is 426 g/mol. The van der Waals surface area contributed by atoms with Gasteiger partial charge in [0.25, 0.3) is 5.91 Å². The van der Waals surface area contributed by atoms with E-state index in [2.05, 4.69) is 15.6 Å². The number of sulfone groups is 1. The third-order valence-corrected chi connectivity index (χ3v) is 8.25. The van der Waals surface area contributed by atoms with Crippen LogP contribution < -0.4 is 20.1 Å². The van der Waals surface area contributed by atoms with Gasteiger partial charge in [-0.15, -0.1) is 0 Å². The molecule has 30 heavy (non-hydrogen) atoms. The lowest BCUT2D eigenvalue weighted by Gasteiger charge is -2.09. The van der Waals surface area contributed by atoms with Gasteiger partial charge in [0.05, 0.1) is 17.5 Å². The number of rotatable bonds is 4. The van der Waals surface area contributed by atoms with Gasteiger partial charge >= 0.3 is 0 Å². The average molecular weight is 446 g/mol. The smallest absolute Gasteiger partial charge is 0.251 e. The number of aliphatic imine (C=N–C) groups is 1. The number of carbonyl (C=O) groups is 1. The van der Waals surface area contributed by atoms with E-state index in [4.69, 9.17) is 9.47 Å². The molecule has 0 bridgehead atoms. The van der Waals surface area contributed by atoms with Crippen LogP contribution in [0.15, 0.2) is 47.5 Å². The quantitative estimate of drug-likeness (QED) is 0.742. The first-order chi connectivity index (χ1) is 14.4. The molecule has 0 aliphatic carbocycles. The summed E-state index contributed by atoms with van der Waals surface area (Å²) >= 11 is 1.46. The molecular formula is C20H19N3O5S2. The van der Waals surface area contributed by atoms with E-state index in [1.54, 1.807) is 12.1 Å². The summed E-state index contributed by atoms with van der Waals surface area (Å²) in [6, 6.07) is 12.5. The summed E-state index contributed by atoms with van der Waals surface area (Å²) in [5, 5.41) is 6.82. The highest BCUT2D eigenvalue weighted by Gasteiger charge is 2.42. The standard InChI is InChI=1S/C20H19N3O5S2/c24-19(21-8-12-1-6-16-17(7-12)28-11-27-16)13-2-4-14(5-3-13)22-20-23-15-9-30(25,26)10-18(15)29-20/h1-7,15,18H,8-11H2,(H,21,24)(H,22,23). The van der Waals surface area contributed by atoms with Gasteiger partial charge in [-0.05, 0) is 42.0 Å². The lowest BCUT2D eigenvalue weighted by Crippen LogP contribution is -2.22. The third-order valence-electron chi connectivity index (χ3n) is 5.11. The minimum atomic E-state index is -2.96. The maximum Gasteiger partial charge on any atom is 0.251 e. The Morgan fingerprint density at radius 1 is 1.10 bits per heavy atom. The SMILES string of the molecule is O=C(NCc1ccc2c(c1)OCO2)c1ccc(NC2=NC3CS(=O)(=O)CC3S2)cc1. The Hall–Kier alpha value is -2.72. The fourth-order valence-electron chi connectivity index (χ4n) is 3.58. The van der Waals surface area contributed by atoms with Crippen LogP contribution in [0.2, 0.25) is 0 Å². The van der Waals surface area contributed by atoms with E-state index in [0.717, 1.165) is 16.4 Å². The van der Waals surface area contributed by atoms with Gasteiger partial charge in [-0.3, -0.25) is 9.79 Å². The largest absolute Gasteiger partial charge is 0.454 e. The first-order valence-electron chi connectivity index (χ1n) is 9.44. The van der Waals surface area contributed by atoms with Crippen molar-refractivity contribution in [3.8, 4) is 11.5 Å². The highest BCUT2D eigenvalue weighted by molar-refractivity contribution is 8.15. The molecule has 2 atom stereocenters. The van der Waals surface area contributed by atoms with Crippen molar-refractivity contribution in [2.45, 2.75) is 17.8 Å². The number of fused-ring (bicyclic) bond motifs is 2. The lowest BCUT2D eigenvalue weighted by molar-refractivity contribution is 0.0951. The zero-order valence-corrected chi connectivity index (χ0v) is 17.5. The molecule has 0 spiro atoms. The minimum absolute atomic E-state index is 0.00118. The molecule has 0 radical (unpaired) electrons. The number of thioether (sulfide) groups is 1. The van der Waals surface area contributed by atoms with Gasteiger partial charge in [0.1, 0.15) is 0 Å². The molecule has 1 fully saturated rings. The van der Waals surface area contributed by atoms with E-state index in [1.165, 1.54) is 11.8 Å². The van der Waals surface area contributed by atoms with E-state index in [-0.39, 0.29) is 35.5 Å². The number of anilines is 1. The molecule has 3 aliphatic rings. The van der Waals surface area contributed by atoms with Gasteiger partial charge in [-0.2, -0.15) is 0 Å². The number of nitrogens with zero attached hydrogens (tertiary/aromatic N) is 1. The molecule has 2 aromatic rings. The Bertz CT molecular complexity index is 1130. The molecule has 0 aromatic heterocycles. The van der Waals surface area contributed by atoms with Crippen molar-refractivity contribution >= 4 is 38.4 Å². The van der Waals surface area contributed by atoms with Crippen LogP contribution in [-0.4, -0.2) is 49.1 Å². The van der Waals surface area contributed by atoms with Crippen molar-refractivity contribution in [2.24, 2.45) is 4.99 Å². The number of hydrogen-bond acceptors (Lipinski definition) is 8. The second-order valence-electron chi connectivity index (χ2n) is 7.31. The van der Waals surface area contributed by atoms with Crippen LogP contribution in [0.4, 0.5) is 5.69 Å². The molecule has 1 saturated heterocycles. The number of nitrogens with one attached hydrogen (secondary N) is 2. The molecule has 2 unspecified atom stereocenters. The number of carbonyl (C=O) groups excluding carboxylic acids is 1. The normalized spacial score (nSPS) is 23.0. The number of benzene rings is 2. The summed E-state index contributed by atoms with van der Waals surface area (Å²) in [7, 11) is -2.96. The summed E-state index contributed by atoms with van der Waals surface area (Å²) in [4.78, 5) is 16.9. The molecule has 2 N–H and O–H groups in total. The topological polar surface area (TPSA) is 106 Å². The summed E-state index contributed by atoms with van der Waals surface area (Å²) in [5.41, 5.74) is 2.27. The van der Waals surface area contributed by atoms with Crippen LogP contribution in [0.25, 0.3) is 0 Å². The molecule has 10 heteroatoms. The van der Waals surface area contributed by atoms with E-state index < -0.39 is 9.84 Å². The number of hydrogen-bond donors (Lipinski definition) is 2. The highest BCUT2D eigenvalue weighted by Crippen LogP contribution is 2.35. The molecule has 0 saturated carbocycles. The van der Waals surface area contributed by atoms with Gasteiger partial charge in [0, 0.05) is 23.0 Å². The zero-order valence-electron chi connectivity index (χ0n) is 15.8. The first-order valence-corrected chi connectivity index (χ1v) is 12.1. The monoisotopic (exact) mass is 445 g/mol. The fraction of sp³-hybridized carbons (Fsp3) is 0.300. The highest BCUT2D eigenvalue weighted by atomic mass is 32.2. The molecule has 8 nitrogen and oxygen atoms in total. The van der Waals surface area contributed by atoms with Crippen molar-refractivity contribution in [3.63, 3.8) is 0 Å². The number of ether oxygens (including phenoxy) is 2. The summed E-state index contributed by atoms with van der Waals surface area (Å²) < 4.78 is 33.9. The Morgan fingerprint density at radius 2 is 1.90 bits per heavy atom. The van der Waals surface area contributed by atoms with Crippen molar-refractivity contribution in [2.75, 3.05) is 23.6 Å². The molecule has 3 heterocycles. The summed E-state index contributed by atoms with van der Waals surface area (Å²) in [6.45, 7) is 0.603. The Kier molecular flexibility index (Phi) is 4.82. The average Bonchev–Trinajstić information content (AvgIpc) is 3.38. The van der Waals surface area contributed by atoms with Gasteiger partial charge in [0.15, 0.2) is 26.5 Å². The second-order valence-corrected chi connectivity index (χ2v) is 10.7. The Balaban J connectivity index is 1.17. The summed E-state index contributed by atoms with van der Waals surface area (Å²) in [5.74, 6) is 1.53. The van der Waals surface area contributed by atoms with E-state index in [9.17, 15) is 13.2 Å². The second kappa shape index (κ2) is 7.51. The summed E-state index contributed by atoms with van der Waals surface area (Å²) in [6.07, 6.45) is 0. The predicted octanol–water partition coefficient (Wildman–Crippen LogP) is 2.03.